The summed E-state index contributed by atoms with van der Waals surface area (Å²) in [5.74, 6) is 0. The van der Waals surface area contributed by atoms with Crippen molar-refractivity contribution < 1.29 is 4.79 Å². The predicted octanol–water partition coefficient (Wildman–Crippen LogP) is 5.83. The van der Waals surface area contributed by atoms with Crippen LogP contribution in [0.25, 0.3) is 0 Å². The van der Waals surface area contributed by atoms with Crippen molar-refractivity contribution in [3.63, 3.8) is 0 Å². The van der Waals surface area contributed by atoms with E-state index in [2.05, 4.69) is 19.9 Å². The fraction of sp³-hybridized carbons (Fsp3) is 0.824. The molecule has 0 bridgehead atoms. The molecule has 0 saturated carbocycles. The van der Waals surface area contributed by atoms with E-state index >= 15 is 0 Å². The van der Waals surface area contributed by atoms with Gasteiger partial charge in [0.2, 0.25) is 0 Å². The van der Waals surface area contributed by atoms with E-state index < -0.39 is 0 Å². The van der Waals surface area contributed by atoms with Crippen molar-refractivity contribution >= 4 is 6.29 Å². The average molecular weight is 252 g/mol. The Kier molecular flexibility index (Phi) is 14.0. The molecule has 0 aromatic carbocycles. The minimum Gasteiger partial charge on any atom is -0.298 e. The summed E-state index contributed by atoms with van der Waals surface area (Å²) in [6.45, 7) is 4.46. The van der Waals surface area contributed by atoms with Crippen LogP contribution in [-0.2, 0) is 4.79 Å². The van der Waals surface area contributed by atoms with E-state index in [-0.39, 0.29) is 0 Å². The summed E-state index contributed by atoms with van der Waals surface area (Å²) in [6, 6.07) is 0. The molecule has 0 unspecified atom stereocenters. The molecule has 0 aliphatic heterocycles. The van der Waals surface area contributed by atoms with Gasteiger partial charge in [-0.2, -0.15) is 0 Å². The second-order valence-electron chi connectivity index (χ2n) is 5.26. The van der Waals surface area contributed by atoms with Crippen LogP contribution >= 0.6 is 0 Å². The van der Waals surface area contributed by atoms with Crippen LogP contribution in [0.15, 0.2) is 11.6 Å². The summed E-state index contributed by atoms with van der Waals surface area (Å²) in [4.78, 5) is 10.9. The van der Waals surface area contributed by atoms with Gasteiger partial charge in [0.25, 0.3) is 0 Å². The summed E-state index contributed by atoms with van der Waals surface area (Å²) in [5.41, 5.74) is 1.03. The smallest absolute Gasteiger partial charge is 0.145 e. The first kappa shape index (κ1) is 17.4. The van der Waals surface area contributed by atoms with Crippen molar-refractivity contribution in [3.05, 3.63) is 11.6 Å². The van der Waals surface area contributed by atoms with E-state index in [0.717, 1.165) is 24.7 Å². The molecule has 0 aliphatic carbocycles. The first-order valence-electron chi connectivity index (χ1n) is 7.99. The Morgan fingerprint density at radius 1 is 0.778 bits per heavy atom. The van der Waals surface area contributed by atoms with Crippen molar-refractivity contribution in [3.8, 4) is 0 Å². The van der Waals surface area contributed by atoms with Gasteiger partial charge < -0.3 is 0 Å². The molecule has 18 heavy (non-hydrogen) atoms. The third-order valence-corrected chi connectivity index (χ3v) is 3.43. The lowest BCUT2D eigenvalue weighted by molar-refractivity contribution is -0.105. The molecule has 0 aliphatic rings. The maximum atomic E-state index is 10.9. The van der Waals surface area contributed by atoms with Crippen LogP contribution in [0.2, 0.25) is 0 Å². The summed E-state index contributed by atoms with van der Waals surface area (Å²) < 4.78 is 0. The molecule has 0 saturated heterocycles. The SMILES string of the molecule is CCCCCCCC/C=C(/C=O)CCCCCC. The van der Waals surface area contributed by atoms with Gasteiger partial charge in [-0.15, -0.1) is 0 Å². The Morgan fingerprint density at radius 3 is 1.94 bits per heavy atom. The van der Waals surface area contributed by atoms with E-state index in [0.29, 0.717) is 0 Å². The number of allylic oxidation sites excluding steroid dienone is 2. The third-order valence-electron chi connectivity index (χ3n) is 3.43. The molecule has 0 aromatic heterocycles. The van der Waals surface area contributed by atoms with Crippen molar-refractivity contribution in [1.29, 1.82) is 0 Å². The van der Waals surface area contributed by atoms with Gasteiger partial charge in [0.15, 0.2) is 0 Å². The average Bonchev–Trinajstić information content (AvgIpc) is 2.40. The fourth-order valence-electron chi connectivity index (χ4n) is 2.18. The lowest BCUT2D eigenvalue weighted by atomic mass is 10.0. The molecule has 1 heteroatoms. The minimum absolute atomic E-state index is 0.985. The second kappa shape index (κ2) is 14.5. The van der Waals surface area contributed by atoms with Crippen molar-refractivity contribution in [1.82, 2.24) is 0 Å². The molecule has 106 valence electrons. The number of hydrogen-bond donors (Lipinski definition) is 0. The Hall–Kier alpha value is -0.590. The van der Waals surface area contributed by atoms with Crippen LogP contribution in [0, 0.1) is 0 Å². The Morgan fingerprint density at radius 2 is 1.33 bits per heavy atom. The van der Waals surface area contributed by atoms with E-state index in [1.807, 2.05) is 0 Å². The van der Waals surface area contributed by atoms with Gasteiger partial charge in [0.1, 0.15) is 6.29 Å². The highest BCUT2D eigenvalue weighted by atomic mass is 16.1. The van der Waals surface area contributed by atoms with E-state index in [1.54, 1.807) is 0 Å². The van der Waals surface area contributed by atoms with Gasteiger partial charge in [-0.3, -0.25) is 4.79 Å². The van der Waals surface area contributed by atoms with Crippen LogP contribution in [0.4, 0.5) is 0 Å². The normalized spacial score (nSPS) is 11.8. The van der Waals surface area contributed by atoms with Gasteiger partial charge in [-0.05, 0) is 31.3 Å². The van der Waals surface area contributed by atoms with Gasteiger partial charge in [0.05, 0.1) is 0 Å². The van der Waals surface area contributed by atoms with Crippen molar-refractivity contribution in [2.45, 2.75) is 90.9 Å². The van der Waals surface area contributed by atoms with Crippen molar-refractivity contribution in [2.24, 2.45) is 0 Å². The molecule has 0 amide bonds. The lowest BCUT2D eigenvalue weighted by Gasteiger charge is -2.01. The largest absolute Gasteiger partial charge is 0.298 e. The van der Waals surface area contributed by atoms with Crippen LogP contribution in [0.5, 0.6) is 0 Å². The van der Waals surface area contributed by atoms with Gasteiger partial charge in [-0.1, -0.05) is 71.3 Å². The first-order chi connectivity index (χ1) is 8.85. The molecule has 0 aromatic rings. The minimum atomic E-state index is 0.985. The summed E-state index contributed by atoms with van der Waals surface area (Å²) in [6.07, 6.45) is 18.3. The van der Waals surface area contributed by atoms with E-state index in [4.69, 9.17) is 0 Å². The number of carbonyl (C=O) groups is 1. The molecule has 0 atom stereocenters. The number of aldehydes is 1. The standard InChI is InChI=1S/C17H32O/c1-3-5-7-9-10-11-13-15-17(16-18)14-12-8-6-4-2/h15-16H,3-14H2,1-2H3/b17-15+. The zero-order valence-corrected chi connectivity index (χ0v) is 12.5. The van der Waals surface area contributed by atoms with Gasteiger partial charge in [-0.25, -0.2) is 0 Å². The topological polar surface area (TPSA) is 17.1 Å². The quantitative estimate of drug-likeness (QED) is 0.229. The molecule has 0 heterocycles. The molecule has 0 rings (SSSR count). The monoisotopic (exact) mass is 252 g/mol. The predicted molar refractivity (Wildman–Crippen MR) is 80.9 cm³/mol. The maximum absolute atomic E-state index is 10.9. The van der Waals surface area contributed by atoms with E-state index in [1.165, 1.54) is 64.2 Å². The van der Waals surface area contributed by atoms with Crippen LogP contribution < -0.4 is 0 Å². The van der Waals surface area contributed by atoms with Crippen LogP contribution in [-0.4, -0.2) is 6.29 Å². The number of carbonyl (C=O) groups excluding carboxylic acids is 1. The summed E-state index contributed by atoms with van der Waals surface area (Å²) in [5, 5.41) is 0. The van der Waals surface area contributed by atoms with Gasteiger partial charge in [0, 0.05) is 0 Å². The molecule has 0 radical (unpaired) electrons. The van der Waals surface area contributed by atoms with Crippen LogP contribution in [0.1, 0.15) is 90.9 Å². The number of unbranched alkanes of at least 4 members (excludes halogenated alkanes) is 9. The van der Waals surface area contributed by atoms with Crippen molar-refractivity contribution in [2.75, 3.05) is 0 Å². The highest BCUT2D eigenvalue weighted by Crippen LogP contribution is 2.12. The maximum Gasteiger partial charge on any atom is 0.145 e. The van der Waals surface area contributed by atoms with Gasteiger partial charge >= 0.3 is 0 Å². The summed E-state index contributed by atoms with van der Waals surface area (Å²) in [7, 11) is 0. The Bertz CT molecular complexity index is 206. The third kappa shape index (κ3) is 11.9. The highest BCUT2D eigenvalue weighted by Gasteiger charge is 1.96. The highest BCUT2D eigenvalue weighted by molar-refractivity contribution is 5.72. The Balaban J connectivity index is 3.49. The zero-order chi connectivity index (χ0) is 13.5. The second-order valence-corrected chi connectivity index (χ2v) is 5.26. The first-order valence-corrected chi connectivity index (χ1v) is 7.99. The molecule has 1 nitrogen and oxygen atoms in total. The fourth-order valence-corrected chi connectivity index (χ4v) is 2.18. The molecule has 0 fully saturated rings. The van der Waals surface area contributed by atoms with E-state index in [9.17, 15) is 4.79 Å². The molecular weight excluding hydrogens is 220 g/mol. The molecule has 0 N–H and O–H groups in total. The Labute approximate surface area is 114 Å². The lowest BCUT2D eigenvalue weighted by Crippen LogP contribution is -1.87. The summed E-state index contributed by atoms with van der Waals surface area (Å²) >= 11 is 0. The van der Waals surface area contributed by atoms with Crippen LogP contribution in [0.3, 0.4) is 0 Å². The molecule has 0 spiro atoms. The number of rotatable bonds is 13. The zero-order valence-electron chi connectivity index (χ0n) is 12.5. The number of hydrogen-bond acceptors (Lipinski definition) is 1. The molecular formula is C17H32O.